The molecule has 9 heteroatoms. The van der Waals surface area contributed by atoms with Crippen molar-refractivity contribution in [2.45, 2.75) is 53.4 Å². The van der Waals surface area contributed by atoms with Crippen molar-refractivity contribution < 1.29 is 19.8 Å². The summed E-state index contributed by atoms with van der Waals surface area (Å²) in [6, 6.07) is 7.88. The van der Waals surface area contributed by atoms with E-state index < -0.39 is 11.9 Å². The number of hydrogen-bond acceptors (Lipinski definition) is 4. The minimum atomic E-state index is -0.889. The van der Waals surface area contributed by atoms with E-state index in [9.17, 15) is 19.8 Å². The van der Waals surface area contributed by atoms with Gasteiger partial charge in [-0.15, -0.1) is 0 Å². The van der Waals surface area contributed by atoms with Crippen LogP contribution in [0.5, 0.6) is 0 Å². The van der Waals surface area contributed by atoms with Crippen molar-refractivity contribution in [3.8, 4) is 0 Å². The normalized spacial score (nSPS) is 12.7. The number of aromatic nitrogens is 4. The van der Waals surface area contributed by atoms with Crippen LogP contribution in [-0.4, -0.2) is 65.1 Å². The van der Waals surface area contributed by atoms with Crippen molar-refractivity contribution in [1.82, 2.24) is 19.9 Å². The number of nitrogens with zero attached hydrogens (tertiary/aromatic N) is 2. The van der Waals surface area contributed by atoms with E-state index in [1.807, 2.05) is 58.0 Å². The average Bonchev–Trinajstić information content (AvgIpc) is 3.59. The van der Waals surface area contributed by atoms with Crippen LogP contribution in [0.2, 0.25) is 0 Å². The Labute approximate surface area is 266 Å². The molecule has 0 amide bonds. The fourth-order valence-corrected chi connectivity index (χ4v) is 5.77. The summed E-state index contributed by atoms with van der Waals surface area (Å²) in [5, 5.41) is 18.9. The van der Waals surface area contributed by atoms with Gasteiger partial charge in [-0.1, -0.05) is 25.3 Å². The number of H-pyrrole nitrogens is 2. The minimum Gasteiger partial charge on any atom is -0.481 e. The zero-order valence-electron chi connectivity index (χ0n) is 25.0. The predicted molar refractivity (Wildman–Crippen MR) is 175 cm³/mol. The Hall–Kier alpha value is -4.21. The second-order valence-electron chi connectivity index (χ2n) is 10.7. The van der Waals surface area contributed by atoms with Gasteiger partial charge >= 0.3 is 35.0 Å². The first-order chi connectivity index (χ1) is 20.0. The summed E-state index contributed by atoms with van der Waals surface area (Å²) >= 11 is 0. The summed E-state index contributed by atoms with van der Waals surface area (Å²) < 4.78 is 0. The quantitative estimate of drug-likeness (QED) is 0.203. The van der Waals surface area contributed by atoms with Crippen LogP contribution in [0.1, 0.15) is 84.6 Å². The van der Waals surface area contributed by atoms with Crippen LogP contribution in [0.25, 0.3) is 56.5 Å². The smallest absolute Gasteiger partial charge is 0.481 e. The molecule has 5 rings (SSSR count). The van der Waals surface area contributed by atoms with E-state index >= 15 is 0 Å². The zero-order valence-corrected chi connectivity index (χ0v) is 26.4. The molecule has 43 heavy (non-hydrogen) atoms. The molecule has 2 aliphatic heterocycles. The second kappa shape index (κ2) is 12.6. The second-order valence-corrected chi connectivity index (χ2v) is 10.7. The number of carboxylic acids is 2. The van der Waals surface area contributed by atoms with E-state index in [0.717, 1.165) is 78.0 Å². The molecule has 3 aromatic heterocycles. The van der Waals surface area contributed by atoms with Crippen molar-refractivity contribution in [3.05, 3.63) is 82.5 Å². The zero-order chi connectivity index (χ0) is 30.3. The first-order valence-corrected chi connectivity index (χ1v) is 13.9. The minimum absolute atomic E-state index is 0. The van der Waals surface area contributed by atoms with Gasteiger partial charge < -0.3 is 20.2 Å². The Morgan fingerprint density at radius 1 is 0.674 bits per heavy atom. The summed E-state index contributed by atoms with van der Waals surface area (Å²) in [6.45, 7) is 16.1. The summed E-state index contributed by atoms with van der Waals surface area (Å²) in [5.41, 5.74) is 13.7. The summed E-state index contributed by atoms with van der Waals surface area (Å²) in [6.07, 6.45) is 4.20. The maximum atomic E-state index is 11.5. The van der Waals surface area contributed by atoms with E-state index in [1.54, 1.807) is 0 Å². The number of nitrogens with one attached hydrogen (secondary N) is 2. The third kappa shape index (κ3) is 6.00. The van der Waals surface area contributed by atoms with Crippen molar-refractivity contribution in [2.24, 2.45) is 0 Å². The van der Waals surface area contributed by atoms with Crippen molar-refractivity contribution in [3.63, 3.8) is 0 Å². The van der Waals surface area contributed by atoms with Crippen LogP contribution in [-0.2, 0) is 9.59 Å². The van der Waals surface area contributed by atoms with E-state index in [2.05, 4.69) is 29.2 Å². The Morgan fingerprint density at radius 3 is 1.49 bits per heavy atom. The van der Waals surface area contributed by atoms with Gasteiger partial charge in [0.05, 0.1) is 22.8 Å². The van der Waals surface area contributed by atoms with Crippen molar-refractivity contribution >= 4 is 91.5 Å². The largest absolute Gasteiger partial charge is 2.00 e. The Kier molecular flexibility index (Phi) is 9.27. The Morgan fingerprint density at radius 2 is 1.07 bits per heavy atom. The third-order valence-electron chi connectivity index (χ3n) is 8.22. The van der Waals surface area contributed by atoms with Crippen LogP contribution < -0.4 is 0 Å². The SMILES string of the molecule is C=Cc1c(C)c2cc3[nH]c(cc4nc(cc5nc(cc1[nH]2)C(C)=C5CCC(=O)O)C(CCC(=O)O)=C4C)c(C)c3C=C.[Mg+2]. The number of carbonyl (C=O) groups is 2. The molecule has 0 radical (unpaired) electrons. The Bertz CT molecular complexity index is 1920. The maximum Gasteiger partial charge on any atom is 2.00 e. The summed E-state index contributed by atoms with van der Waals surface area (Å²) in [7, 11) is 0. The standard InChI is InChI=1S/C34H34N4O4.Mg/c1-7-21-17(3)25-13-26-19(5)23(9-11-33(39)40)31(37-26)16-32-24(10-12-34(41)42)20(6)28(38-32)15-30-22(8-2)18(4)27(36-30)14-29(21)35-25;/h7-8,13-16,35-36H,1-2,9-12H2,3-6H3,(H,39,40)(H,41,42);/q;+2. The molecule has 8 bridgehead atoms. The molecule has 0 spiro atoms. The van der Waals surface area contributed by atoms with Crippen LogP contribution >= 0.6 is 0 Å². The van der Waals surface area contributed by atoms with Gasteiger partial charge in [0.25, 0.3) is 0 Å². The van der Waals surface area contributed by atoms with Crippen molar-refractivity contribution in [2.75, 3.05) is 0 Å². The molecule has 3 aromatic rings. The van der Waals surface area contributed by atoms with Crippen LogP contribution in [0.3, 0.4) is 0 Å². The van der Waals surface area contributed by atoms with Gasteiger partial charge in [-0.05, 0) is 98.2 Å². The van der Waals surface area contributed by atoms with Gasteiger partial charge in [-0.3, -0.25) is 9.59 Å². The number of carboxylic acid groups (broad SMARTS) is 2. The molecule has 0 atom stereocenters. The molecule has 0 saturated heterocycles. The van der Waals surface area contributed by atoms with Gasteiger partial charge in [0, 0.05) is 46.0 Å². The molecule has 214 valence electrons. The fraction of sp³-hybridized carbons (Fsp3) is 0.235. The van der Waals surface area contributed by atoms with Crippen LogP contribution in [0, 0.1) is 13.8 Å². The monoisotopic (exact) mass is 586 g/mol. The Balaban J connectivity index is 0.00000423. The van der Waals surface area contributed by atoms with Gasteiger partial charge in [0.2, 0.25) is 0 Å². The van der Waals surface area contributed by atoms with Gasteiger partial charge in [-0.25, -0.2) is 9.97 Å². The molecule has 0 saturated carbocycles. The summed E-state index contributed by atoms with van der Waals surface area (Å²) in [5.74, 6) is -1.78. The molecular formula is C34H34MgN4O4+2. The number of fused-ring (bicyclic) bond motifs is 8. The molecule has 8 nitrogen and oxygen atoms in total. The summed E-state index contributed by atoms with van der Waals surface area (Å²) in [4.78, 5) is 40.0. The first-order valence-electron chi connectivity index (χ1n) is 13.9. The maximum absolute atomic E-state index is 11.5. The van der Waals surface area contributed by atoms with Gasteiger partial charge in [-0.2, -0.15) is 0 Å². The predicted octanol–water partition coefficient (Wildman–Crippen LogP) is 7.43. The number of hydrogen-bond donors (Lipinski definition) is 4. The van der Waals surface area contributed by atoms with E-state index in [4.69, 9.17) is 9.97 Å². The molecule has 4 N–H and O–H groups in total. The first kappa shape index (κ1) is 31.7. The molecule has 0 fully saturated rings. The number of aliphatic carboxylic acids is 2. The van der Waals surface area contributed by atoms with Gasteiger partial charge in [0.1, 0.15) is 0 Å². The number of allylic oxidation sites excluding steroid dienone is 4. The van der Waals surface area contributed by atoms with E-state index in [1.165, 1.54) is 0 Å². The molecule has 0 aromatic carbocycles. The third-order valence-corrected chi connectivity index (χ3v) is 8.22. The molecular weight excluding hydrogens is 553 g/mol. The molecule has 2 aliphatic rings. The average molecular weight is 587 g/mol. The number of aromatic amines is 2. The molecule has 0 unspecified atom stereocenters. The number of aryl methyl sites for hydroxylation is 2. The van der Waals surface area contributed by atoms with Crippen LogP contribution in [0.4, 0.5) is 0 Å². The van der Waals surface area contributed by atoms with Crippen molar-refractivity contribution in [1.29, 1.82) is 0 Å². The molecule has 0 aliphatic carbocycles. The van der Waals surface area contributed by atoms with Gasteiger partial charge in [0.15, 0.2) is 0 Å². The fourth-order valence-electron chi connectivity index (χ4n) is 5.77. The van der Waals surface area contributed by atoms with Crippen LogP contribution in [0.15, 0.2) is 37.4 Å². The topological polar surface area (TPSA) is 132 Å². The molecule has 5 heterocycles. The number of rotatable bonds is 8. The van der Waals surface area contributed by atoms with E-state index in [-0.39, 0.29) is 35.9 Å². The van der Waals surface area contributed by atoms with E-state index in [0.29, 0.717) is 24.2 Å².